The van der Waals surface area contributed by atoms with Crippen LogP contribution in [0.4, 0.5) is 13.2 Å². The molecule has 1 aromatic rings. The number of halogens is 3. The number of hydrogen-bond acceptors (Lipinski definition) is 3. The van der Waals surface area contributed by atoms with Gasteiger partial charge in [0.05, 0.1) is 22.1 Å². The van der Waals surface area contributed by atoms with Crippen LogP contribution in [0.5, 0.6) is 0 Å². The number of alkyl halides is 3. The maximum Gasteiger partial charge on any atom is 0.416 e. The van der Waals surface area contributed by atoms with E-state index < -0.39 is 38.3 Å². The number of rotatable bonds is 4. The lowest BCUT2D eigenvalue weighted by Gasteiger charge is -2.29. The average molecular weight is 311 g/mol. The minimum atomic E-state index is -4.62. The second kappa shape index (κ2) is 5.34. The molecule has 0 radical (unpaired) electrons. The highest BCUT2D eigenvalue weighted by Crippen LogP contribution is 2.30. The zero-order chi connectivity index (χ0) is 15.8. The normalized spacial score (nSPS) is 15.2. The summed E-state index contributed by atoms with van der Waals surface area (Å²) < 4.78 is 64.0. The summed E-state index contributed by atoms with van der Waals surface area (Å²) in [7, 11) is -4.16. The maximum atomic E-state index is 12.6. The first kappa shape index (κ1) is 16.9. The molecule has 0 saturated carbocycles. The van der Waals surface area contributed by atoms with Crippen molar-refractivity contribution in [3.63, 3.8) is 0 Å². The van der Waals surface area contributed by atoms with Crippen LogP contribution in [0.15, 0.2) is 29.2 Å². The maximum absolute atomic E-state index is 12.6. The van der Waals surface area contributed by atoms with Crippen LogP contribution in [0.3, 0.4) is 0 Å². The van der Waals surface area contributed by atoms with Crippen LogP contribution in [0.2, 0.25) is 0 Å². The molecular weight excluding hydrogens is 295 g/mol. The third kappa shape index (κ3) is 3.94. The van der Waals surface area contributed by atoms with Crippen LogP contribution in [-0.4, -0.2) is 25.2 Å². The van der Waals surface area contributed by atoms with Crippen LogP contribution in [0.25, 0.3) is 0 Å². The van der Waals surface area contributed by atoms with Gasteiger partial charge in [0.1, 0.15) is 0 Å². The lowest BCUT2D eigenvalue weighted by atomic mass is 10.0. The minimum Gasteiger partial charge on any atom is -0.391 e. The molecule has 114 valence electrons. The highest BCUT2D eigenvalue weighted by atomic mass is 32.2. The van der Waals surface area contributed by atoms with Crippen LogP contribution in [0, 0.1) is 0 Å². The molecule has 4 nitrogen and oxygen atoms in total. The number of benzene rings is 1. The van der Waals surface area contributed by atoms with Gasteiger partial charge < -0.3 is 5.11 Å². The van der Waals surface area contributed by atoms with Crippen molar-refractivity contribution in [1.82, 2.24) is 4.72 Å². The lowest BCUT2D eigenvalue weighted by molar-refractivity contribution is -0.137. The molecular formula is C12H16F3NO3S. The van der Waals surface area contributed by atoms with Crippen LogP contribution >= 0.6 is 0 Å². The van der Waals surface area contributed by atoms with Gasteiger partial charge in [0.15, 0.2) is 0 Å². The van der Waals surface area contributed by atoms with Gasteiger partial charge in [-0.1, -0.05) is 6.07 Å². The Morgan fingerprint density at radius 1 is 1.25 bits per heavy atom. The summed E-state index contributed by atoms with van der Waals surface area (Å²) in [6.07, 6.45) is -5.63. The number of nitrogens with one attached hydrogen (secondary N) is 1. The molecule has 0 amide bonds. The van der Waals surface area contributed by atoms with Crippen LogP contribution in [-0.2, 0) is 16.2 Å². The number of hydrogen-bond donors (Lipinski definition) is 2. The minimum absolute atomic E-state index is 0.499. The van der Waals surface area contributed by atoms with Gasteiger partial charge >= 0.3 is 6.18 Å². The van der Waals surface area contributed by atoms with E-state index in [4.69, 9.17) is 0 Å². The standard InChI is InChI=1S/C12H16F3NO3S/c1-8(17)11(2,3)16-20(18,19)10-6-4-5-9(7-10)12(13,14)15/h4-8,16-17H,1-3H3. The molecule has 1 atom stereocenters. The fourth-order valence-corrected chi connectivity index (χ4v) is 2.85. The topological polar surface area (TPSA) is 66.4 Å². The van der Waals surface area contributed by atoms with Gasteiger partial charge in [0, 0.05) is 0 Å². The quantitative estimate of drug-likeness (QED) is 0.895. The Labute approximate surface area is 115 Å². The number of sulfonamides is 1. The van der Waals surface area contributed by atoms with E-state index in [-0.39, 0.29) is 0 Å². The second-order valence-corrected chi connectivity index (χ2v) is 6.71. The summed E-state index contributed by atoms with van der Waals surface area (Å²) in [6, 6.07) is 3.43. The zero-order valence-corrected chi connectivity index (χ0v) is 12.0. The Morgan fingerprint density at radius 3 is 2.25 bits per heavy atom. The smallest absolute Gasteiger partial charge is 0.391 e. The van der Waals surface area contributed by atoms with E-state index in [9.17, 15) is 26.7 Å². The Hall–Kier alpha value is -1.12. The fraction of sp³-hybridized carbons (Fsp3) is 0.500. The van der Waals surface area contributed by atoms with Gasteiger partial charge in [-0.05, 0) is 39.0 Å². The molecule has 1 aromatic carbocycles. The van der Waals surface area contributed by atoms with E-state index >= 15 is 0 Å². The zero-order valence-electron chi connectivity index (χ0n) is 11.2. The summed E-state index contributed by atoms with van der Waals surface area (Å²) in [6.45, 7) is 4.25. The molecule has 0 bridgehead atoms. The first-order chi connectivity index (χ1) is 8.86. The summed E-state index contributed by atoms with van der Waals surface area (Å²) in [4.78, 5) is -0.499. The Kier molecular flexibility index (Phi) is 4.52. The predicted molar refractivity (Wildman–Crippen MR) is 67.5 cm³/mol. The second-order valence-electron chi connectivity index (χ2n) is 5.03. The number of aliphatic hydroxyl groups is 1. The Balaban J connectivity index is 3.18. The van der Waals surface area contributed by atoms with Gasteiger partial charge in [0.25, 0.3) is 0 Å². The van der Waals surface area contributed by atoms with Gasteiger partial charge in [-0.2, -0.15) is 13.2 Å². The molecule has 0 aliphatic carbocycles. The molecule has 0 spiro atoms. The van der Waals surface area contributed by atoms with E-state index in [1.54, 1.807) is 0 Å². The average Bonchev–Trinajstić information content (AvgIpc) is 2.26. The molecule has 8 heteroatoms. The molecule has 0 saturated heterocycles. The van der Waals surface area contributed by atoms with Gasteiger partial charge in [-0.25, -0.2) is 13.1 Å². The summed E-state index contributed by atoms with van der Waals surface area (Å²) >= 11 is 0. The third-order valence-corrected chi connectivity index (χ3v) is 4.58. The van der Waals surface area contributed by atoms with E-state index in [2.05, 4.69) is 4.72 Å². The van der Waals surface area contributed by atoms with Crippen molar-refractivity contribution in [3.05, 3.63) is 29.8 Å². The van der Waals surface area contributed by atoms with Gasteiger partial charge in [0.2, 0.25) is 10.0 Å². The van der Waals surface area contributed by atoms with Crippen molar-refractivity contribution >= 4 is 10.0 Å². The van der Waals surface area contributed by atoms with Crippen molar-refractivity contribution in [2.45, 2.75) is 43.5 Å². The molecule has 1 unspecified atom stereocenters. The SMILES string of the molecule is CC(O)C(C)(C)NS(=O)(=O)c1cccc(C(F)(F)F)c1. The van der Waals surface area contributed by atoms with Crippen molar-refractivity contribution in [3.8, 4) is 0 Å². The molecule has 0 heterocycles. The van der Waals surface area contributed by atoms with E-state index in [0.29, 0.717) is 6.07 Å². The lowest BCUT2D eigenvalue weighted by Crippen LogP contribution is -2.50. The third-order valence-electron chi connectivity index (χ3n) is 2.91. The summed E-state index contributed by atoms with van der Waals surface area (Å²) in [5, 5.41) is 9.47. The largest absolute Gasteiger partial charge is 0.416 e. The van der Waals surface area contributed by atoms with Crippen molar-refractivity contribution in [2.24, 2.45) is 0 Å². The summed E-state index contributed by atoms with van der Waals surface area (Å²) in [5.74, 6) is 0. The first-order valence-electron chi connectivity index (χ1n) is 5.75. The highest BCUT2D eigenvalue weighted by Gasteiger charge is 2.34. The molecule has 0 fully saturated rings. The monoisotopic (exact) mass is 311 g/mol. The fourth-order valence-electron chi connectivity index (χ4n) is 1.33. The summed E-state index contributed by atoms with van der Waals surface area (Å²) in [5.41, 5.74) is -2.25. The molecule has 2 N–H and O–H groups in total. The Morgan fingerprint density at radius 2 is 1.80 bits per heavy atom. The molecule has 0 aromatic heterocycles. The molecule has 20 heavy (non-hydrogen) atoms. The van der Waals surface area contributed by atoms with Crippen LogP contribution < -0.4 is 4.72 Å². The van der Waals surface area contributed by atoms with Gasteiger partial charge in [-0.15, -0.1) is 0 Å². The van der Waals surface area contributed by atoms with Gasteiger partial charge in [-0.3, -0.25) is 0 Å². The van der Waals surface area contributed by atoms with E-state index in [1.165, 1.54) is 20.8 Å². The van der Waals surface area contributed by atoms with E-state index in [0.717, 1.165) is 18.2 Å². The highest BCUT2D eigenvalue weighted by molar-refractivity contribution is 7.89. The van der Waals surface area contributed by atoms with Crippen molar-refractivity contribution in [1.29, 1.82) is 0 Å². The van der Waals surface area contributed by atoms with Crippen molar-refractivity contribution < 1.29 is 26.7 Å². The molecule has 1 rings (SSSR count). The van der Waals surface area contributed by atoms with Crippen molar-refractivity contribution in [2.75, 3.05) is 0 Å². The number of aliphatic hydroxyl groups excluding tert-OH is 1. The van der Waals surface area contributed by atoms with Crippen LogP contribution in [0.1, 0.15) is 26.3 Å². The Bertz CT molecular complexity index is 580. The predicted octanol–water partition coefficient (Wildman–Crippen LogP) is 2.14. The van der Waals surface area contributed by atoms with E-state index in [1.807, 2.05) is 0 Å². The molecule has 0 aliphatic rings. The first-order valence-corrected chi connectivity index (χ1v) is 7.24. The molecule has 0 aliphatic heterocycles.